The highest BCUT2D eigenvalue weighted by Crippen LogP contribution is 2.29. The number of morpholine rings is 1. The van der Waals surface area contributed by atoms with Crippen LogP contribution in [0.2, 0.25) is 0 Å². The maximum Gasteiger partial charge on any atom is 0.255 e. The smallest absolute Gasteiger partial charge is 0.255 e. The minimum Gasteiger partial charge on any atom is -0.374 e. The van der Waals surface area contributed by atoms with Crippen LogP contribution in [0.25, 0.3) is 11.0 Å². The van der Waals surface area contributed by atoms with Crippen LogP contribution in [-0.4, -0.2) is 50.9 Å². The van der Waals surface area contributed by atoms with Crippen molar-refractivity contribution in [2.75, 3.05) is 13.2 Å². The summed E-state index contributed by atoms with van der Waals surface area (Å²) in [4.78, 5) is 19.5. The van der Waals surface area contributed by atoms with Crippen LogP contribution in [0.15, 0.2) is 18.5 Å². The average molecular weight is 328 g/mol. The molecule has 1 saturated heterocycles. The number of nitrogens with zero attached hydrogens (tertiary/aromatic N) is 4. The van der Waals surface area contributed by atoms with Crippen LogP contribution in [0.1, 0.15) is 55.9 Å². The van der Waals surface area contributed by atoms with E-state index in [4.69, 9.17) is 4.74 Å². The minimum atomic E-state index is 0.0712. The van der Waals surface area contributed by atoms with Crippen LogP contribution in [0, 0.1) is 0 Å². The number of carbonyl (C=O) groups excluding carboxylic acids is 1. The molecule has 2 aromatic heterocycles. The molecule has 4 rings (SSSR count). The molecule has 3 heterocycles. The van der Waals surface area contributed by atoms with E-state index in [1.807, 2.05) is 15.6 Å². The first-order valence-electron chi connectivity index (χ1n) is 8.91. The van der Waals surface area contributed by atoms with Crippen LogP contribution in [0.5, 0.6) is 0 Å². The van der Waals surface area contributed by atoms with Crippen molar-refractivity contribution in [1.29, 1.82) is 0 Å². The van der Waals surface area contributed by atoms with Gasteiger partial charge in [-0.2, -0.15) is 5.10 Å². The Balaban J connectivity index is 1.62. The highest BCUT2D eigenvalue weighted by atomic mass is 16.5. The third-order valence-corrected chi connectivity index (χ3v) is 5.16. The second-order valence-corrected chi connectivity index (χ2v) is 7.08. The zero-order chi connectivity index (χ0) is 16.7. The fourth-order valence-corrected chi connectivity index (χ4v) is 3.95. The Morgan fingerprint density at radius 3 is 2.96 bits per heavy atom. The molecule has 0 bridgehead atoms. The van der Waals surface area contributed by atoms with Gasteiger partial charge in [-0.25, -0.2) is 9.67 Å². The van der Waals surface area contributed by atoms with Crippen LogP contribution < -0.4 is 0 Å². The third kappa shape index (κ3) is 2.59. The Hall–Kier alpha value is -1.95. The molecule has 1 aliphatic carbocycles. The Bertz CT molecular complexity index is 753. The molecule has 2 fully saturated rings. The van der Waals surface area contributed by atoms with Gasteiger partial charge < -0.3 is 9.64 Å². The van der Waals surface area contributed by atoms with Gasteiger partial charge in [0, 0.05) is 24.2 Å². The first kappa shape index (κ1) is 15.6. The number of rotatable bonds is 2. The van der Waals surface area contributed by atoms with Crippen LogP contribution in [0.3, 0.4) is 0 Å². The van der Waals surface area contributed by atoms with E-state index >= 15 is 0 Å². The molecule has 1 amide bonds. The summed E-state index contributed by atoms with van der Waals surface area (Å²) in [6.07, 6.45) is 8.17. The summed E-state index contributed by atoms with van der Waals surface area (Å²) in [5, 5.41) is 5.30. The van der Waals surface area contributed by atoms with Crippen molar-refractivity contribution in [3.8, 4) is 0 Å². The van der Waals surface area contributed by atoms with Gasteiger partial charge in [-0.1, -0.05) is 12.8 Å². The van der Waals surface area contributed by atoms with Gasteiger partial charge in [-0.3, -0.25) is 4.79 Å². The lowest BCUT2D eigenvalue weighted by Gasteiger charge is -2.43. The second kappa shape index (κ2) is 6.16. The van der Waals surface area contributed by atoms with E-state index in [0.29, 0.717) is 18.7 Å². The third-order valence-electron chi connectivity index (χ3n) is 5.16. The van der Waals surface area contributed by atoms with Crippen molar-refractivity contribution in [2.45, 2.75) is 57.7 Å². The predicted octanol–water partition coefficient (Wildman–Crippen LogP) is 2.80. The molecular weight excluding hydrogens is 304 g/mol. The van der Waals surface area contributed by atoms with E-state index in [9.17, 15) is 4.79 Å². The summed E-state index contributed by atoms with van der Waals surface area (Å²) >= 11 is 0. The molecule has 0 N–H and O–H groups in total. The van der Waals surface area contributed by atoms with E-state index in [2.05, 4.69) is 23.9 Å². The summed E-state index contributed by atoms with van der Waals surface area (Å²) < 4.78 is 7.76. The first-order valence-corrected chi connectivity index (χ1v) is 8.91. The number of ether oxygens (including phenoxy) is 1. The molecule has 128 valence electrons. The molecule has 0 unspecified atom stereocenters. The number of aromatic nitrogens is 3. The van der Waals surface area contributed by atoms with Crippen LogP contribution >= 0.6 is 0 Å². The summed E-state index contributed by atoms with van der Waals surface area (Å²) in [7, 11) is 0. The molecule has 1 saturated carbocycles. The van der Waals surface area contributed by atoms with Gasteiger partial charge in [-0.05, 0) is 32.8 Å². The van der Waals surface area contributed by atoms with Crippen molar-refractivity contribution in [3.05, 3.63) is 24.0 Å². The van der Waals surface area contributed by atoms with Gasteiger partial charge in [0.25, 0.3) is 5.91 Å². The first-order chi connectivity index (χ1) is 11.6. The Morgan fingerprint density at radius 2 is 2.12 bits per heavy atom. The number of pyridine rings is 1. The molecule has 0 spiro atoms. The number of fused-ring (bicyclic) bond motifs is 2. The van der Waals surface area contributed by atoms with Crippen molar-refractivity contribution >= 4 is 16.9 Å². The molecule has 0 aromatic carbocycles. The summed E-state index contributed by atoms with van der Waals surface area (Å²) in [5.74, 6) is 0.0712. The van der Waals surface area contributed by atoms with Gasteiger partial charge in [0.15, 0.2) is 5.65 Å². The molecule has 6 heteroatoms. The van der Waals surface area contributed by atoms with Crippen molar-refractivity contribution in [1.82, 2.24) is 19.7 Å². The van der Waals surface area contributed by atoms with Crippen LogP contribution in [-0.2, 0) is 4.74 Å². The van der Waals surface area contributed by atoms with E-state index in [1.165, 1.54) is 12.8 Å². The van der Waals surface area contributed by atoms with Crippen molar-refractivity contribution < 1.29 is 9.53 Å². The fourth-order valence-electron chi connectivity index (χ4n) is 3.95. The number of amides is 1. The van der Waals surface area contributed by atoms with E-state index < -0.39 is 0 Å². The van der Waals surface area contributed by atoms with E-state index in [1.54, 1.807) is 12.4 Å². The normalized spacial score (nSPS) is 24.4. The Kier molecular flexibility index (Phi) is 4.00. The lowest BCUT2D eigenvalue weighted by atomic mass is 9.90. The summed E-state index contributed by atoms with van der Waals surface area (Å²) in [6.45, 7) is 5.45. The highest BCUT2D eigenvalue weighted by molar-refractivity contribution is 5.97. The van der Waals surface area contributed by atoms with Crippen LogP contribution in [0.4, 0.5) is 0 Å². The van der Waals surface area contributed by atoms with E-state index in [-0.39, 0.29) is 24.1 Å². The lowest BCUT2D eigenvalue weighted by Crippen LogP contribution is -2.54. The molecule has 2 aliphatic rings. The van der Waals surface area contributed by atoms with Gasteiger partial charge in [0.1, 0.15) is 0 Å². The fraction of sp³-hybridized carbons (Fsp3) is 0.611. The maximum atomic E-state index is 13.0. The molecule has 24 heavy (non-hydrogen) atoms. The highest BCUT2D eigenvalue weighted by Gasteiger charge is 2.37. The van der Waals surface area contributed by atoms with E-state index in [0.717, 1.165) is 23.9 Å². The molecule has 2 atom stereocenters. The molecule has 1 aliphatic heterocycles. The van der Waals surface area contributed by atoms with Crippen molar-refractivity contribution in [2.24, 2.45) is 0 Å². The SMILES string of the molecule is CC(C)n1ncc2cc(C(=O)N3CCO[C@H]4CCCC[C@H]43)cnc21. The predicted molar refractivity (Wildman–Crippen MR) is 90.9 cm³/mol. The average Bonchev–Trinajstić information content (AvgIpc) is 3.04. The van der Waals surface area contributed by atoms with Gasteiger partial charge in [0.05, 0.1) is 30.5 Å². The van der Waals surface area contributed by atoms with Gasteiger partial charge >= 0.3 is 0 Å². The topological polar surface area (TPSA) is 60.2 Å². The second-order valence-electron chi connectivity index (χ2n) is 7.08. The Morgan fingerprint density at radius 1 is 1.29 bits per heavy atom. The zero-order valence-electron chi connectivity index (χ0n) is 14.3. The molecule has 2 aromatic rings. The summed E-state index contributed by atoms with van der Waals surface area (Å²) in [6, 6.07) is 2.39. The monoisotopic (exact) mass is 328 g/mol. The van der Waals surface area contributed by atoms with Gasteiger partial charge in [-0.15, -0.1) is 0 Å². The number of hydrogen-bond donors (Lipinski definition) is 0. The Labute approximate surface area is 141 Å². The minimum absolute atomic E-state index is 0.0712. The standard InChI is InChI=1S/C18H24N4O2/c1-12(2)22-17-13(11-20-22)9-14(10-19-17)18(23)21-7-8-24-16-6-4-3-5-15(16)21/h9-12,15-16H,3-8H2,1-2H3/t15-,16+/m1/s1. The maximum absolute atomic E-state index is 13.0. The molecular formula is C18H24N4O2. The largest absolute Gasteiger partial charge is 0.374 e. The summed E-state index contributed by atoms with van der Waals surface area (Å²) in [5.41, 5.74) is 1.48. The van der Waals surface area contributed by atoms with Crippen molar-refractivity contribution in [3.63, 3.8) is 0 Å². The molecule has 6 nitrogen and oxygen atoms in total. The van der Waals surface area contributed by atoms with Gasteiger partial charge in [0.2, 0.25) is 0 Å². The quantitative estimate of drug-likeness (QED) is 0.850. The molecule has 0 radical (unpaired) electrons. The number of carbonyl (C=O) groups is 1. The lowest BCUT2D eigenvalue weighted by molar-refractivity contribution is -0.0752. The number of hydrogen-bond acceptors (Lipinski definition) is 4. The zero-order valence-corrected chi connectivity index (χ0v) is 14.3.